The number of carbonyl (C=O) groups excluding carboxylic acids is 1. The van der Waals surface area contributed by atoms with Crippen LogP contribution in [-0.2, 0) is 11.3 Å². The molecule has 154 valence electrons. The average molecular weight is 395 g/mol. The molecule has 5 heteroatoms. The topological polar surface area (TPSA) is 53.0 Å². The molecule has 0 aliphatic carbocycles. The van der Waals surface area contributed by atoms with Gasteiger partial charge < -0.3 is 14.7 Å². The van der Waals surface area contributed by atoms with Crippen LogP contribution in [0.4, 0.5) is 5.69 Å². The van der Waals surface area contributed by atoms with E-state index in [0.29, 0.717) is 18.4 Å². The summed E-state index contributed by atoms with van der Waals surface area (Å²) in [7, 11) is 0. The molecule has 2 aromatic carbocycles. The smallest absolute Gasteiger partial charge is 0.165 e. The molecular weight excluding hydrogens is 364 g/mol. The zero-order chi connectivity index (χ0) is 20.1. The zero-order valence-corrected chi connectivity index (χ0v) is 16.9. The van der Waals surface area contributed by atoms with Gasteiger partial charge >= 0.3 is 0 Å². The number of rotatable bonds is 6. The lowest BCUT2D eigenvalue weighted by Crippen LogP contribution is -2.45. The molecule has 2 saturated heterocycles. The van der Waals surface area contributed by atoms with E-state index < -0.39 is 5.60 Å². The van der Waals surface area contributed by atoms with E-state index >= 15 is 0 Å². The largest absolute Gasteiger partial charge is 0.389 e. The van der Waals surface area contributed by atoms with E-state index in [-0.39, 0.29) is 12.2 Å². The zero-order valence-electron chi connectivity index (χ0n) is 16.9. The average Bonchev–Trinajstić information content (AvgIpc) is 2.77. The summed E-state index contributed by atoms with van der Waals surface area (Å²) in [5.41, 5.74) is 2.34. The van der Waals surface area contributed by atoms with Crippen molar-refractivity contribution >= 4 is 11.5 Å². The fraction of sp³-hybridized carbons (Fsp3) is 0.458. The van der Waals surface area contributed by atoms with Gasteiger partial charge in [0.15, 0.2) is 5.78 Å². The number of carbonyl (C=O) groups is 1. The lowest BCUT2D eigenvalue weighted by Gasteiger charge is -2.38. The van der Waals surface area contributed by atoms with Crippen molar-refractivity contribution in [1.29, 1.82) is 0 Å². The van der Waals surface area contributed by atoms with Crippen molar-refractivity contribution in [3.63, 3.8) is 0 Å². The van der Waals surface area contributed by atoms with Crippen molar-refractivity contribution in [3.8, 4) is 0 Å². The number of hydrogen-bond acceptors (Lipinski definition) is 5. The van der Waals surface area contributed by atoms with Gasteiger partial charge in [-0.3, -0.25) is 9.69 Å². The molecule has 2 aliphatic rings. The van der Waals surface area contributed by atoms with Gasteiger partial charge in [0, 0.05) is 50.4 Å². The molecular formula is C24H30N2O3. The molecule has 1 N–H and O–H groups in total. The second-order valence-corrected chi connectivity index (χ2v) is 8.23. The summed E-state index contributed by atoms with van der Waals surface area (Å²) in [5.74, 6) is 0.0280. The molecule has 4 rings (SSSR count). The van der Waals surface area contributed by atoms with E-state index in [2.05, 4.69) is 34.1 Å². The van der Waals surface area contributed by atoms with Gasteiger partial charge in [0.05, 0.1) is 18.8 Å². The number of aliphatic hydroxyl groups is 1. The third-order valence-corrected chi connectivity index (χ3v) is 6.09. The highest BCUT2D eigenvalue weighted by atomic mass is 16.5. The second kappa shape index (κ2) is 9.08. The first kappa shape index (κ1) is 20.1. The quantitative estimate of drug-likeness (QED) is 0.763. The van der Waals surface area contributed by atoms with Crippen molar-refractivity contribution in [2.75, 3.05) is 44.3 Å². The number of Topliss-reactive ketones (excluding diaryl/α,β-unsaturated/α-hetero) is 1. The number of nitrogens with zero attached hydrogens (tertiary/aromatic N) is 2. The van der Waals surface area contributed by atoms with E-state index in [1.54, 1.807) is 0 Å². The minimum atomic E-state index is -0.885. The van der Waals surface area contributed by atoms with E-state index in [1.165, 1.54) is 11.3 Å². The van der Waals surface area contributed by atoms with Crippen LogP contribution in [0.25, 0.3) is 0 Å². The van der Waals surface area contributed by atoms with Crippen LogP contribution in [-0.4, -0.2) is 60.8 Å². The Kier molecular flexibility index (Phi) is 6.28. The Bertz CT molecular complexity index is 793. The van der Waals surface area contributed by atoms with Gasteiger partial charge in [0.1, 0.15) is 0 Å². The number of anilines is 1. The second-order valence-electron chi connectivity index (χ2n) is 8.23. The molecule has 0 amide bonds. The lowest BCUT2D eigenvalue weighted by atomic mass is 9.85. The van der Waals surface area contributed by atoms with Gasteiger partial charge in [0.25, 0.3) is 0 Å². The van der Waals surface area contributed by atoms with E-state index in [1.807, 2.05) is 30.3 Å². The number of piperidine rings is 1. The van der Waals surface area contributed by atoms with Crippen LogP contribution in [0.2, 0.25) is 0 Å². The molecule has 2 heterocycles. The Labute approximate surface area is 172 Å². The predicted molar refractivity (Wildman–Crippen MR) is 114 cm³/mol. The van der Waals surface area contributed by atoms with Crippen LogP contribution in [0.3, 0.4) is 0 Å². The SMILES string of the molecule is O=C(CC1(O)CCN(Cc2ccc(N3CCOCC3)cc2)CC1)c1ccccc1. The van der Waals surface area contributed by atoms with Crippen LogP contribution in [0.1, 0.15) is 35.2 Å². The van der Waals surface area contributed by atoms with Gasteiger partial charge in [-0.05, 0) is 30.5 Å². The Hall–Kier alpha value is -2.21. The summed E-state index contributed by atoms with van der Waals surface area (Å²) in [6, 6.07) is 18.1. The molecule has 0 radical (unpaired) electrons. The molecule has 5 nitrogen and oxygen atoms in total. The standard InChI is InChI=1S/C24H30N2O3/c27-23(21-4-2-1-3-5-21)18-24(28)10-12-25(13-11-24)19-20-6-8-22(9-7-20)26-14-16-29-17-15-26/h1-9,28H,10-19H2. The molecule has 0 atom stereocenters. The minimum absolute atomic E-state index is 0.0280. The minimum Gasteiger partial charge on any atom is -0.389 e. The summed E-state index contributed by atoms with van der Waals surface area (Å²) in [6.45, 7) is 5.99. The lowest BCUT2D eigenvalue weighted by molar-refractivity contribution is -0.0241. The van der Waals surface area contributed by atoms with Crippen molar-refractivity contribution in [1.82, 2.24) is 4.90 Å². The number of ketones is 1. The number of benzene rings is 2. The highest BCUT2D eigenvalue weighted by molar-refractivity contribution is 5.96. The Morgan fingerprint density at radius 1 is 0.931 bits per heavy atom. The first-order valence-corrected chi connectivity index (χ1v) is 10.6. The molecule has 0 aromatic heterocycles. The maximum atomic E-state index is 12.5. The van der Waals surface area contributed by atoms with Crippen LogP contribution >= 0.6 is 0 Å². The number of morpholine rings is 1. The van der Waals surface area contributed by atoms with E-state index in [9.17, 15) is 9.90 Å². The maximum absolute atomic E-state index is 12.5. The van der Waals surface area contributed by atoms with Crippen molar-refractivity contribution in [2.45, 2.75) is 31.4 Å². The summed E-state index contributed by atoms with van der Waals surface area (Å²) in [6.07, 6.45) is 1.48. The normalized spacial score (nSPS) is 19.8. The highest BCUT2D eigenvalue weighted by Crippen LogP contribution is 2.28. The van der Waals surface area contributed by atoms with Crippen molar-refractivity contribution < 1.29 is 14.6 Å². The van der Waals surface area contributed by atoms with Gasteiger partial charge in [0.2, 0.25) is 0 Å². The van der Waals surface area contributed by atoms with Gasteiger partial charge in [-0.25, -0.2) is 0 Å². The Morgan fingerprint density at radius 3 is 2.24 bits per heavy atom. The molecule has 0 bridgehead atoms. The predicted octanol–water partition coefficient (Wildman–Crippen LogP) is 3.12. The number of hydrogen-bond donors (Lipinski definition) is 1. The maximum Gasteiger partial charge on any atom is 0.165 e. The molecule has 2 aliphatic heterocycles. The highest BCUT2D eigenvalue weighted by Gasteiger charge is 2.34. The first-order valence-electron chi connectivity index (χ1n) is 10.6. The van der Waals surface area contributed by atoms with Gasteiger partial charge in [-0.2, -0.15) is 0 Å². The third-order valence-electron chi connectivity index (χ3n) is 6.09. The molecule has 0 saturated carbocycles. The Morgan fingerprint density at radius 2 is 1.59 bits per heavy atom. The van der Waals surface area contributed by atoms with Crippen molar-refractivity contribution in [3.05, 3.63) is 65.7 Å². The van der Waals surface area contributed by atoms with Crippen LogP contribution < -0.4 is 4.90 Å². The monoisotopic (exact) mass is 394 g/mol. The fourth-order valence-corrected chi connectivity index (χ4v) is 4.22. The molecule has 0 unspecified atom stereocenters. The van der Waals surface area contributed by atoms with E-state index in [4.69, 9.17) is 4.74 Å². The Balaban J connectivity index is 1.27. The fourth-order valence-electron chi connectivity index (χ4n) is 4.22. The van der Waals surface area contributed by atoms with Crippen LogP contribution in [0.5, 0.6) is 0 Å². The van der Waals surface area contributed by atoms with Gasteiger partial charge in [-0.1, -0.05) is 42.5 Å². The van der Waals surface area contributed by atoms with Gasteiger partial charge in [-0.15, -0.1) is 0 Å². The molecule has 29 heavy (non-hydrogen) atoms. The number of ether oxygens (including phenoxy) is 1. The summed E-state index contributed by atoms with van der Waals surface area (Å²) < 4.78 is 5.42. The van der Waals surface area contributed by atoms with E-state index in [0.717, 1.165) is 45.9 Å². The first-order chi connectivity index (χ1) is 14.1. The summed E-state index contributed by atoms with van der Waals surface area (Å²) in [4.78, 5) is 17.2. The van der Waals surface area contributed by atoms with Crippen LogP contribution in [0.15, 0.2) is 54.6 Å². The van der Waals surface area contributed by atoms with Crippen molar-refractivity contribution in [2.24, 2.45) is 0 Å². The van der Waals surface area contributed by atoms with Crippen LogP contribution in [0, 0.1) is 0 Å². The molecule has 2 aromatic rings. The molecule has 2 fully saturated rings. The number of likely N-dealkylation sites (tertiary alicyclic amines) is 1. The summed E-state index contributed by atoms with van der Waals surface area (Å²) in [5, 5.41) is 10.9. The third kappa shape index (κ3) is 5.24. The summed E-state index contributed by atoms with van der Waals surface area (Å²) >= 11 is 0. The molecule has 0 spiro atoms.